The highest BCUT2D eigenvalue weighted by Gasteiger charge is 2.33. The number of piperidine rings is 1. The van der Waals surface area contributed by atoms with Crippen LogP contribution in [0.5, 0.6) is 0 Å². The summed E-state index contributed by atoms with van der Waals surface area (Å²) in [7, 11) is 1.56. The Morgan fingerprint density at radius 3 is 2.76 bits per heavy atom. The molecule has 0 radical (unpaired) electrons. The average Bonchev–Trinajstić information content (AvgIpc) is 2.30. The Hall–Kier alpha value is -0.940. The van der Waals surface area contributed by atoms with E-state index in [9.17, 15) is 9.59 Å². The van der Waals surface area contributed by atoms with E-state index in [2.05, 4.69) is 5.32 Å². The predicted octanol–water partition coefficient (Wildman–Crippen LogP) is -0.00670. The Morgan fingerprint density at radius 2 is 2.06 bits per heavy atom. The number of nitrogens with one attached hydrogen (secondary N) is 1. The van der Waals surface area contributed by atoms with Gasteiger partial charge in [-0.25, -0.2) is 0 Å². The van der Waals surface area contributed by atoms with Crippen LogP contribution in [0.1, 0.15) is 38.5 Å². The second-order valence-electron chi connectivity index (χ2n) is 5.17. The van der Waals surface area contributed by atoms with Gasteiger partial charge in [-0.1, -0.05) is 6.42 Å². The summed E-state index contributed by atoms with van der Waals surface area (Å²) < 4.78 is 0. The minimum atomic E-state index is -0.201. The van der Waals surface area contributed by atoms with E-state index in [1.807, 2.05) is 0 Å². The molecule has 0 aromatic rings. The molecule has 2 aliphatic rings. The standard InChI is InChI=1S/C12H21N3O2/c1-15-11(16)6-5-10(12(15)17)14-9-4-2-3-8(13)7-9/h8-10,14H,2-7,13H2,1H3. The van der Waals surface area contributed by atoms with Gasteiger partial charge in [-0.3, -0.25) is 14.5 Å². The molecule has 0 aromatic carbocycles. The smallest absolute Gasteiger partial charge is 0.246 e. The lowest BCUT2D eigenvalue weighted by Crippen LogP contribution is -2.55. The number of hydrogen-bond acceptors (Lipinski definition) is 4. The van der Waals surface area contributed by atoms with Gasteiger partial charge in [-0.2, -0.15) is 0 Å². The van der Waals surface area contributed by atoms with Crippen LogP contribution in [0.15, 0.2) is 0 Å². The number of carbonyl (C=O) groups excluding carboxylic acids is 2. The van der Waals surface area contributed by atoms with Gasteiger partial charge in [0.1, 0.15) is 0 Å². The van der Waals surface area contributed by atoms with Crippen molar-refractivity contribution in [1.29, 1.82) is 0 Å². The maximum absolute atomic E-state index is 11.9. The summed E-state index contributed by atoms with van der Waals surface area (Å²) >= 11 is 0. The van der Waals surface area contributed by atoms with Crippen molar-refractivity contribution in [1.82, 2.24) is 10.2 Å². The van der Waals surface area contributed by atoms with Crippen LogP contribution in [0.3, 0.4) is 0 Å². The number of likely N-dealkylation sites (N-methyl/N-ethyl adjacent to an activating group) is 1. The van der Waals surface area contributed by atoms with Gasteiger partial charge in [0.15, 0.2) is 0 Å². The molecule has 0 bridgehead atoms. The first kappa shape index (κ1) is 12.5. The van der Waals surface area contributed by atoms with Gasteiger partial charge in [-0.15, -0.1) is 0 Å². The number of nitrogens with zero attached hydrogens (tertiary/aromatic N) is 1. The van der Waals surface area contributed by atoms with Gasteiger partial charge in [0.05, 0.1) is 6.04 Å². The number of likely N-dealkylation sites (tertiary alicyclic amines) is 1. The lowest BCUT2D eigenvalue weighted by Gasteiger charge is -2.34. The Bertz CT molecular complexity index is 319. The molecule has 1 heterocycles. The van der Waals surface area contributed by atoms with Crippen LogP contribution in [0.4, 0.5) is 0 Å². The Balaban J connectivity index is 1.90. The second-order valence-corrected chi connectivity index (χ2v) is 5.17. The minimum absolute atomic E-state index is 0.0756. The second kappa shape index (κ2) is 5.14. The Kier molecular flexibility index (Phi) is 3.79. The summed E-state index contributed by atoms with van der Waals surface area (Å²) in [5, 5.41) is 3.37. The van der Waals surface area contributed by atoms with Crippen molar-refractivity contribution >= 4 is 11.8 Å². The molecule has 1 aliphatic heterocycles. The fourth-order valence-corrected chi connectivity index (χ4v) is 2.73. The van der Waals surface area contributed by atoms with Crippen molar-refractivity contribution in [3.63, 3.8) is 0 Å². The largest absolute Gasteiger partial charge is 0.328 e. The summed E-state index contributed by atoms with van der Waals surface area (Å²) in [5.74, 6) is -0.172. The Morgan fingerprint density at radius 1 is 1.29 bits per heavy atom. The van der Waals surface area contributed by atoms with Crippen LogP contribution < -0.4 is 11.1 Å². The minimum Gasteiger partial charge on any atom is -0.328 e. The number of nitrogens with two attached hydrogens (primary N) is 1. The van der Waals surface area contributed by atoms with E-state index in [1.165, 1.54) is 4.90 Å². The van der Waals surface area contributed by atoms with Gasteiger partial charge in [0.25, 0.3) is 0 Å². The molecule has 2 amide bonds. The number of imide groups is 1. The van der Waals surface area contributed by atoms with Crippen LogP contribution >= 0.6 is 0 Å². The summed E-state index contributed by atoms with van der Waals surface area (Å²) in [6.45, 7) is 0. The summed E-state index contributed by atoms with van der Waals surface area (Å²) in [6.07, 6.45) is 5.28. The monoisotopic (exact) mass is 239 g/mol. The zero-order valence-electron chi connectivity index (χ0n) is 10.3. The molecule has 3 N–H and O–H groups in total. The average molecular weight is 239 g/mol. The SMILES string of the molecule is CN1C(=O)CCC(NC2CCCC(N)C2)C1=O. The first-order valence-electron chi connectivity index (χ1n) is 6.40. The quantitative estimate of drug-likeness (QED) is 0.665. The molecule has 1 saturated carbocycles. The van der Waals surface area contributed by atoms with Crippen LogP contribution in [0.25, 0.3) is 0 Å². The number of carbonyl (C=O) groups is 2. The van der Waals surface area contributed by atoms with Gasteiger partial charge in [0, 0.05) is 25.6 Å². The van der Waals surface area contributed by atoms with E-state index in [0.29, 0.717) is 18.9 Å². The van der Waals surface area contributed by atoms with E-state index in [-0.39, 0.29) is 23.9 Å². The molecule has 17 heavy (non-hydrogen) atoms. The molecule has 0 aromatic heterocycles. The first-order chi connectivity index (χ1) is 8.08. The van der Waals surface area contributed by atoms with Crippen LogP contribution in [0.2, 0.25) is 0 Å². The zero-order valence-corrected chi connectivity index (χ0v) is 10.3. The summed E-state index contributed by atoms with van der Waals surface area (Å²) in [5.41, 5.74) is 5.92. The van der Waals surface area contributed by atoms with E-state index in [4.69, 9.17) is 5.73 Å². The van der Waals surface area contributed by atoms with E-state index < -0.39 is 0 Å². The normalized spacial score (nSPS) is 35.2. The molecule has 5 heteroatoms. The maximum Gasteiger partial charge on any atom is 0.246 e. The van der Waals surface area contributed by atoms with Gasteiger partial charge >= 0.3 is 0 Å². The fourth-order valence-electron chi connectivity index (χ4n) is 2.73. The van der Waals surface area contributed by atoms with Crippen molar-refractivity contribution in [2.24, 2.45) is 5.73 Å². The van der Waals surface area contributed by atoms with Crippen molar-refractivity contribution < 1.29 is 9.59 Å². The third kappa shape index (κ3) is 2.84. The third-order valence-corrected chi connectivity index (χ3v) is 3.80. The number of rotatable bonds is 2. The van der Waals surface area contributed by atoms with Crippen molar-refractivity contribution in [3.05, 3.63) is 0 Å². The molecule has 2 rings (SSSR count). The van der Waals surface area contributed by atoms with Crippen LogP contribution in [0, 0.1) is 0 Å². The first-order valence-corrected chi connectivity index (χ1v) is 6.40. The molecule has 96 valence electrons. The predicted molar refractivity (Wildman–Crippen MR) is 64.2 cm³/mol. The third-order valence-electron chi connectivity index (χ3n) is 3.80. The number of hydrogen-bond donors (Lipinski definition) is 2. The Labute approximate surface area is 102 Å². The molecular weight excluding hydrogens is 218 g/mol. The van der Waals surface area contributed by atoms with Crippen molar-refractivity contribution in [2.75, 3.05) is 7.05 Å². The van der Waals surface area contributed by atoms with Gasteiger partial charge in [-0.05, 0) is 25.7 Å². The van der Waals surface area contributed by atoms with E-state index in [1.54, 1.807) is 7.05 Å². The molecule has 2 fully saturated rings. The lowest BCUT2D eigenvalue weighted by molar-refractivity contribution is -0.148. The molecule has 1 saturated heterocycles. The lowest BCUT2D eigenvalue weighted by atomic mass is 9.90. The highest BCUT2D eigenvalue weighted by molar-refractivity contribution is 6.00. The molecule has 3 unspecified atom stereocenters. The molecule has 1 aliphatic carbocycles. The fraction of sp³-hybridized carbons (Fsp3) is 0.833. The molecular formula is C12H21N3O2. The molecule has 3 atom stereocenters. The van der Waals surface area contributed by atoms with Crippen molar-refractivity contribution in [3.8, 4) is 0 Å². The van der Waals surface area contributed by atoms with Gasteiger partial charge in [0.2, 0.25) is 11.8 Å². The summed E-state index contributed by atoms with van der Waals surface area (Å²) in [6, 6.07) is 0.376. The molecule has 0 spiro atoms. The van der Waals surface area contributed by atoms with E-state index >= 15 is 0 Å². The van der Waals surface area contributed by atoms with E-state index in [0.717, 1.165) is 25.7 Å². The summed E-state index contributed by atoms with van der Waals surface area (Å²) in [4.78, 5) is 24.5. The highest BCUT2D eigenvalue weighted by atomic mass is 16.2. The highest BCUT2D eigenvalue weighted by Crippen LogP contribution is 2.19. The number of amides is 2. The molecule has 5 nitrogen and oxygen atoms in total. The zero-order chi connectivity index (χ0) is 12.4. The topological polar surface area (TPSA) is 75.4 Å². The van der Waals surface area contributed by atoms with Crippen LogP contribution in [-0.4, -0.2) is 41.9 Å². The van der Waals surface area contributed by atoms with Crippen LogP contribution in [-0.2, 0) is 9.59 Å². The van der Waals surface area contributed by atoms with Gasteiger partial charge < -0.3 is 11.1 Å². The maximum atomic E-state index is 11.9. The van der Waals surface area contributed by atoms with Crippen molar-refractivity contribution in [2.45, 2.75) is 56.7 Å².